The minimum absolute atomic E-state index is 0.131. The van der Waals surface area contributed by atoms with Gasteiger partial charge in [-0.3, -0.25) is 19.3 Å². The zero-order valence-electron chi connectivity index (χ0n) is 16.0. The van der Waals surface area contributed by atoms with Gasteiger partial charge in [0.15, 0.2) is 0 Å². The number of rotatable bonds is 5. The Labute approximate surface area is 184 Å². The number of para-hydroxylation sites is 1. The minimum atomic E-state index is -1.45. The molecule has 2 aromatic rings. The number of halogens is 2. The van der Waals surface area contributed by atoms with Crippen LogP contribution < -0.4 is 10.2 Å². The molecule has 0 radical (unpaired) electrons. The van der Waals surface area contributed by atoms with Gasteiger partial charge in [0.25, 0.3) is 11.8 Å². The maximum absolute atomic E-state index is 13.5. The average molecular weight is 444 g/mol. The Morgan fingerprint density at radius 1 is 1.20 bits per heavy atom. The Hall–Kier alpha value is -2.83. The number of anilines is 1. The smallest absolute Gasteiger partial charge is 0.267 e. The van der Waals surface area contributed by atoms with Crippen LogP contribution in [0.2, 0.25) is 10.0 Å². The molecular formula is C22H19Cl2N3O3. The van der Waals surface area contributed by atoms with Crippen LogP contribution in [0, 0.1) is 0 Å². The van der Waals surface area contributed by atoms with Gasteiger partial charge in [-0.15, -0.1) is 6.58 Å². The largest absolute Gasteiger partial charge is 0.348 e. The van der Waals surface area contributed by atoms with Crippen molar-refractivity contribution >= 4 is 46.6 Å². The fourth-order valence-electron chi connectivity index (χ4n) is 4.15. The molecule has 0 spiro atoms. The molecule has 30 heavy (non-hydrogen) atoms. The van der Waals surface area contributed by atoms with Gasteiger partial charge in [-0.05, 0) is 29.8 Å². The van der Waals surface area contributed by atoms with Crippen molar-refractivity contribution in [2.24, 2.45) is 0 Å². The highest BCUT2D eigenvalue weighted by atomic mass is 35.5. The van der Waals surface area contributed by atoms with E-state index in [0.29, 0.717) is 26.9 Å². The van der Waals surface area contributed by atoms with Crippen molar-refractivity contribution in [3.8, 4) is 0 Å². The summed E-state index contributed by atoms with van der Waals surface area (Å²) >= 11 is 12.2. The lowest BCUT2D eigenvalue weighted by molar-refractivity contribution is -0.133. The van der Waals surface area contributed by atoms with Gasteiger partial charge in [-0.1, -0.05) is 47.5 Å². The summed E-state index contributed by atoms with van der Waals surface area (Å²) in [5.41, 5.74) is 0.0681. The standard InChI is InChI=1S/C22H19Cl2N3O3/c1-2-11-26-20(29)16-5-3-4-6-18(16)27-19(28)9-10-22(26,27)21(30)25-13-14-7-8-15(23)12-17(14)24/h2-8,12H,1,9-11,13H2,(H,25,30)/t22-/m0/s1. The maximum atomic E-state index is 13.5. The Kier molecular flexibility index (Phi) is 5.30. The van der Waals surface area contributed by atoms with Gasteiger partial charge in [0.05, 0.1) is 11.3 Å². The predicted molar refractivity (Wildman–Crippen MR) is 115 cm³/mol. The SMILES string of the molecule is C=CCN1C(=O)c2ccccc2N2C(=O)CC[C@]12C(=O)NCc1ccc(Cl)cc1Cl. The Morgan fingerprint density at radius 2 is 1.97 bits per heavy atom. The van der Waals surface area contributed by atoms with E-state index in [1.807, 2.05) is 0 Å². The topological polar surface area (TPSA) is 69.7 Å². The van der Waals surface area contributed by atoms with Gasteiger partial charge in [0.1, 0.15) is 0 Å². The van der Waals surface area contributed by atoms with Crippen LogP contribution >= 0.6 is 23.2 Å². The van der Waals surface area contributed by atoms with E-state index < -0.39 is 11.6 Å². The summed E-state index contributed by atoms with van der Waals surface area (Å²) in [6.07, 6.45) is 1.90. The molecule has 3 amide bonds. The molecule has 1 fully saturated rings. The van der Waals surface area contributed by atoms with Gasteiger partial charge < -0.3 is 10.2 Å². The van der Waals surface area contributed by atoms with Crippen LogP contribution in [0.15, 0.2) is 55.1 Å². The van der Waals surface area contributed by atoms with Gasteiger partial charge >= 0.3 is 0 Å². The van der Waals surface area contributed by atoms with E-state index in [2.05, 4.69) is 11.9 Å². The summed E-state index contributed by atoms with van der Waals surface area (Å²) in [5, 5.41) is 3.78. The zero-order chi connectivity index (χ0) is 21.5. The zero-order valence-corrected chi connectivity index (χ0v) is 17.5. The number of nitrogens with zero attached hydrogens (tertiary/aromatic N) is 2. The van der Waals surface area contributed by atoms with Crippen molar-refractivity contribution in [1.82, 2.24) is 10.2 Å². The van der Waals surface area contributed by atoms with E-state index in [4.69, 9.17) is 23.2 Å². The summed E-state index contributed by atoms with van der Waals surface area (Å²) < 4.78 is 0. The van der Waals surface area contributed by atoms with E-state index in [1.54, 1.807) is 48.5 Å². The number of hydrogen-bond acceptors (Lipinski definition) is 3. The molecule has 1 N–H and O–H groups in total. The molecule has 4 rings (SSSR count). The summed E-state index contributed by atoms with van der Waals surface area (Å²) in [6, 6.07) is 11.8. The fourth-order valence-corrected chi connectivity index (χ4v) is 4.62. The van der Waals surface area contributed by atoms with E-state index in [0.717, 1.165) is 0 Å². The van der Waals surface area contributed by atoms with E-state index in [1.165, 1.54) is 9.80 Å². The van der Waals surface area contributed by atoms with Crippen LogP contribution in [-0.4, -0.2) is 34.8 Å². The molecule has 0 bridgehead atoms. The van der Waals surface area contributed by atoms with E-state index >= 15 is 0 Å². The van der Waals surface area contributed by atoms with Crippen LogP contribution in [-0.2, 0) is 16.1 Å². The molecule has 2 aliphatic heterocycles. The third-order valence-electron chi connectivity index (χ3n) is 5.50. The number of carbonyl (C=O) groups is 3. The van der Waals surface area contributed by atoms with Crippen molar-refractivity contribution in [3.63, 3.8) is 0 Å². The lowest BCUT2D eigenvalue weighted by Crippen LogP contribution is -2.70. The number of fused-ring (bicyclic) bond motifs is 3. The van der Waals surface area contributed by atoms with Crippen LogP contribution in [0.1, 0.15) is 28.8 Å². The Balaban J connectivity index is 1.74. The first-order valence-electron chi connectivity index (χ1n) is 9.47. The van der Waals surface area contributed by atoms with Gasteiger partial charge in [0.2, 0.25) is 11.6 Å². The van der Waals surface area contributed by atoms with Crippen LogP contribution in [0.5, 0.6) is 0 Å². The highest BCUT2D eigenvalue weighted by Crippen LogP contribution is 2.44. The third kappa shape index (κ3) is 3.07. The van der Waals surface area contributed by atoms with Crippen LogP contribution in [0.3, 0.4) is 0 Å². The summed E-state index contributed by atoms with van der Waals surface area (Å²) in [7, 11) is 0. The molecule has 2 aliphatic rings. The number of nitrogens with one attached hydrogen (secondary N) is 1. The lowest BCUT2D eigenvalue weighted by atomic mass is 9.95. The molecule has 1 saturated heterocycles. The van der Waals surface area contributed by atoms with Gasteiger partial charge in [-0.25, -0.2) is 0 Å². The first-order valence-corrected chi connectivity index (χ1v) is 10.2. The monoisotopic (exact) mass is 443 g/mol. The summed E-state index contributed by atoms with van der Waals surface area (Å²) in [6.45, 7) is 3.99. The second-order valence-electron chi connectivity index (χ2n) is 7.19. The molecule has 0 aliphatic carbocycles. The van der Waals surface area contributed by atoms with Crippen molar-refractivity contribution in [2.45, 2.75) is 25.0 Å². The normalized spacial score (nSPS) is 20.1. The molecule has 2 heterocycles. The van der Waals surface area contributed by atoms with Gasteiger partial charge in [0, 0.05) is 36.0 Å². The number of hydrogen-bond donors (Lipinski definition) is 1. The lowest BCUT2D eigenvalue weighted by Gasteiger charge is -2.48. The Bertz CT molecular complexity index is 1070. The van der Waals surface area contributed by atoms with E-state index in [9.17, 15) is 14.4 Å². The quantitative estimate of drug-likeness (QED) is 0.714. The second kappa shape index (κ2) is 7.78. The number of benzene rings is 2. The molecule has 0 saturated carbocycles. The van der Waals surface area contributed by atoms with Crippen LogP contribution in [0.4, 0.5) is 5.69 Å². The summed E-state index contributed by atoms with van der Waals surface area (Å²) in [4.78, 5) is 42.5. The van der Waals surface area contributed by atoms with Crippen molar-refractivity contribution in [2.75, 3.05) is 11.4 Å². The number of amides is 3. The highest BCUT2D eigenvalue weighted by molar-refractivity contribution is 6.35. The average Bonchev–Trinajstić information content (AvgIpc) is 3.08. The molecule has 6 nitrogen and oxygen atoms in total. The molecule has 1 atom stereocenters. The highest BCUT2D eigenvalue weighted by Gasteiger charge is 2.60. The van der Waals surface area contributed by atoms with Crippen molar-refractivity contribution in [3.05, 3.63) is 76.3 Å². The maximum Gasteiger partial charge on any atom is 0.267 e. The molecule has 154 valence electrons. The fraction of sp³-hybridized carbons (Fsp3) is 0.227. The minimum Gasteiger partial charge on any atom is -0.348 e. The van der Waals surface area contributed by atoms with Crippen molar-refractivity contribution in [1.29, 1.82) is 0 Å². The van der Waals surface area contributed by atoms with E-state index in [-0.39, 0.29) is 37.7 Å². The Morgan fingerprint density at radius 3 is 2.70 bits per heavy atom. The summed E-state index contributed by atoms with van der Waals surface area (Å²) in [5.74, 6) is -0.955. The molecule has 0 aromatic heterocycles. The first kappa shape index (κ1) is 20.4. The first-order chi connectivity index (χ1) is 14.4. The molecule has 2 aromatic carbocycles. The molecule has 0 unspecified atom stereocenters. The van der Waals surface area contributed by atoms with Crippen LogP contribution in [0.25, 0.3) is 0 Å². The second-order valence-corrected chi connectivity index (χ2v) is 8.03. The van der Waals surface area contributed by atoms with Crippen molar-refractivity contribution < 1.29 is 14.4 Å². The molecular weight excluding hydrogens is 425 g/mol. The predicted octanol–water partition coefficient (Wildman–Crippen LogP) is 3.77. The molecule has 8 heteroatoms. The number of carbonyl (C=O) groups excluding carboxylic acids is 3. The third-order valence-corrected chi connectivity index (χ3v) is 6.09. The van der Waals surface area contributed by atoms with Gasteiger partial charge in [-0.2, -0.15) is 0 Å².